The van der Waals surface area contributed by atoms with E-state index in [1.807, 2.05) is 6.07 Å². The highest BCUT2D eigenvalue weighted by Crippen LogP contribution is 1.98. The van der Waals surface area contributed by atoms with Crippen LogP contribution in [0.5, 0.6) is 0 Å². The smallest absolute Gasteiger partial charge is 0.222 e. The van der Waals surface area contributed by atoms with Crippen LogP contribution in [-0.2, 0) is 13.6 Å². The molecule has 18 heavy (non-hydrogen) atoms. The van der Waals surface area contributed by atoms with E-state index in [-0.39, 0.29) is 0 Å². The standard InChI is InChI=1S/C13H19N5/c1-18-10-2-5-12(18)11-14-6-3-7-15-13-16-8-4-9-17-13/h2,4-5,8-10,14H,3,6-7,11H2,1H3,(H,15,16,17). The molecule has 96 valence electrons. The SMILES string of the molecule is Cn1cccc1CNCCCNc1ncccn1. The van der Waals surface area contributed by atoms with E-state index >= 15 is 0 Å². The molecule has 2 aromatic heterocycles. The lowest BCUT2D eigenvalue weighted by atomic mass is 10.4. The Bertz CT molecular complexity index is 451. The second kappa shape index (κ2) is 6.76. The molecule has 0 aromatic carbocycles. The minimum Gasteiger partial charge on any atom is -0.354 e. The van der Waals surface area contributed by atoms with Crippen molar-refractivity contribution < 1.29 is 0 Å². The number of aromatic nitrogens is 3. The molecule has 0 spiro atoms. The molecule has 0 saturated heterocycles. The second-order valence-electron chi connectivity index (χ2n) is 4.14. The second-order valence-corrected chi connectivity index (χ2v) is 4.14. The zero-order valence-corrected chi connectivity index (χ0v) is 10.6. The third kappa shape index (κ3) is 3.85. The molecular formula is C13H19N5. The molecule has 0 radical (unpaired) electrons. The van der Waals surface area contributed by atoms with Crippen LogP contribution in [0.1, 0.15) is 12.1 Å². The Labute approximate surface area is 107 Å². The molecule has 0 unspecified atom stereocenters. The van der Waals surface area contributed by atoms with E-state index in [0.29, 0.717) is 5.95 Å². The molecule has 0 aliphatic rings. The first kappa shape index (κ1) is 12.6. The molecule has 0 amide bonds. The highest BCUT2D eigenvalue weighted by molar-refractivity contribution is 5.21. The number of nitrogens with zero attached hydrogens (tertiary/aromatic N) is 3. The molecule has 0 aliphatic heterocycles. The summed E-state index contributed by atoms with van der Waals surface area (Å²) >= 11 is 0. The van der Waals surface area contributed by atoms with Gasteiger partial charge < -0.3 is 15.2 Å². The summed E-state index contributed by atoms with van der Waals surface area (Å²) in [6.07, 6.45) is 6.58. The summed E-state index contributed by atoms with van der Waals surface area (Å²) in [7, 11) is 2.06. The quantitative estimate of drug-likeness (QED) is 0.724. The van der Waals surface area contributed by atoms with Gasteiger partial charge in [-0.25, -0.2) is 9.97 Å². The number of rotatable bonds is 7. The molecule has 2 aromatic rings. The van der Waals surface area contributed by atoms with Crippen molar-refractivity contribution in [2.75, 3.05) is 18.4 Å². The first-order chi connectivity index (χ1) is 8.86. The van der Waals surface area contributed by atoms with Crippen molar-refractivity contribution in [3.8, 4) is 0 Å². The molecule has 0 saturated carbocycles. The number of aryl methyl sites for hydroxylation is 1. The van der Waals surface area contributed by atoms with E-state index in [9.17, 15) is 0 Å². The van der Waals surface area contributed by atoms with Crippen molar-refractivity contribution in [2.24, 2.45) is 7.05 Å². The Morgan fingerprint density at radius 3 is 2.72 bits per heavy atom. The van der Waals surface area contributed by atoms with Gasteiger partial charge in [0.05, 0.1) is 0 Å². The van der Waals surface area contributed by atoms with Crippen LogP contribution in [0.2, 0.25) is 0 Å². The average Bonchev–Trinajstić information content (AvgIpc) is 2.81. The summed E-state index contributed by atoms with van der Waals surface area (Å²) in [4.78, 5) is 8.21. The summed E-state index contributed by atoms with van der Waals surface area (Å²) < 4.78 is 2.13. The molecule has 5 heteroatoms. The number of hydrogen-bond acceptors (Lipinski definition) is 4. The monoisotopic (exact) mass is 245 g/mol. The first-order valence-electron chi connectivity index (χ1n) is 6.18. The Morgan fingerprint density at radius 2 is 2.00 bits per heavy atom. The van der Waals surface area contributed by atoms with Gasteiger partial charge in [-0.15, -0.1) is 0 Å². The van der Waals surface area contributed by atoms with Crippen molar-refractivity contribution in [3.05, 3.63) is 42.5 Å². The van der Waals surface area contributed by atoms with Crippen LogP contribution < -0.4 is 10.6 Å². The van der Waals surface area contributed by atoms with Crippen LogP contribution in [0, 0.1) is 0 Å². The Hall–Kier alpha value is -1.88. The van der Waals surface area contributed by atoms with Gasteiger partial charge in [0.15, 0.2) is 0 Å². The third-order valence-electron chi connectivity index (χ3n) is 2.74. The largest absolute Gasteiger partial charge is 0.354 e. The average molecular weight is 245 g/mol. The van der Waals surface area contributed by atoms with Crippen molar-refractivity contribution in [2.45, 2.75) is 13.0 Å². The van der Waals surface area contributed by atoms with Crippen LogP contribution in [0.4, 0.5) is 5.95 Å². The molecule has 0 bridgehead atoms. The van der Waals surface area contributed by atoms with E-state index in [1.54, 1.807) is 12.4 Å². The van der Waals surface area contributed by atoms with Crippen molar-refractivity contribution in [1.29, 1.82) is 0 Å². The van der Waals surface area contributed by atoms with E-state index in [4.69, 9.17) is 0 Å². The fourth-order valence-electron chi connectivity index (χ4n) is 1.70. The van der Waals surface area contributed by atoms with Crippen LogP contribution >= 0.6 is 0 Å². The summed E-state index contributed by atoms with van der Waals surface area (Å²) in [5.74, 6) is 0.694. The van der Waals surface area contributed by atoms with Gasteiger partial charge in [-0.3, -0.25) is 0 Å². The predicted octanol–water partition coefficient (Wildman–Crippen LogP) is 1.41. The summed E-state index contributed by atoms with van der Waals surface area (Å²) in [5.41, 5.74) is 1.30. The van der Waals surface area contributed by atoms with Gasteiger partial charge >= 0.3 is 0 Å². The normalized spacial score (nSPS) is 10.5. The van der Waals surface area contributed by atoms with Gasteiger partial charge in [-0.1, -0.05) is 0 Å². The van der Waals surface area contributed by atoms with E-state index < -0.39 is 0 Å². The Morgan fingerprint density at radius 1 is 1.17 bits per heavy atom. The summed E-state index contributed by atoms with van der Waals surface area (Å²) in [5, 5.41) is 6.60. The highest BCUT2D eigenvalue weighted by atomic mass is 15.1. The van der Waals surface area contributed by atoms with Crippen LogP contribution in [-0.4, -0.2) is 27.6 Å². The molecule has 2 N–H and O–H groups in total. The number of anilines is 1. The van der Waals surface area contributed by atoms with Crippen LogP contribution in [0.25, 0.3) is 0 Å². The molecule has 2 rings (SSSR count). The molecular weight excluding hydrogens is 226 g/mol. The topological polar surface area (TPSA) is 54.8 Å². The van der Waals surface area contributed by atoms with E-state index in [1.165, 1.54) is 5.69 Å². The van der Waals surface area contributed by atoms with Crippen molar-refractivity contribution in [1.82, 2.24) is 19.9 Å². The lowest BCUT2D eigenvalue weighted by molar-refractivity contribution is 0.635. The van der Waals surface area contributed by atoms with Gasteiger partial charge in [0.1, 0.15) is 0 Å². The molecule has 0 aliphatic carbocycles. The van der Waals surface area contributed by atoms with Gasteiger partial charge in [0, 0.05) is 44.4 Å². The third-order valence-corrected chi connectivity index (χ3v) is 2.74. The maximum Gasteiger partial charge on any atom is 0.222 e. The van der Waals surface area contributed by atoms with Gasteiger partial charge in [-0.2, -0.15) is 0 Å². The fraction of sp³-hybridized carbons (Fsp3) is 0.385. The van der Waals surface area contributed by atoms with Gasteiger partial charge in [-0.05, 0) is 31.2 Å². The number of nitrogens with one attached hydrogen (secondary N) is 2. The van der Waals surface area contributed by atoms with Crippen molar-refractivity contribution >= 4 is 5.95 Å². The minimum absolute atomic E-state index is 0.694. The zero-order chi connectivity index (χ0) is 12.6. The zero-order valence-electron chi connectivity index (χ0n) is 10.6. The maximum atomic E-state index is 4.10. The lowest BCUT2D eigenvalue weighted by Crippen LogP contribution is -2.19. The lowest BCUT2D eigenvalue weighted by Gasteiger charge is -2.07. The number of hydrogen-bond donors (Lipinski definition) is 2. The van der Waals surface area contributed by atoms with E-state index in [0.717, 1.165) is 26.1 Å². The molecule has 2 heterocycles. The predicted molar refractivity (Wildman–Crippen MR) is 72.3 cm³/mol. The fourth-order valence-corrected chi connectivity index (χ4v) is 1.70. The van der Waals surface area contributed by atoms with Crippen molar-refractivity contribution in [3.63, 3.8) is 0 Å². The Kier molecular flexibility index (Phi) is 4.72. The maximum absolute atomic E-state index is 4.10. The molecule has 5 nitrogen and oxygen atoms in total. The molecule has 0 fully saturated rings. The van der Waals surface area contributed by atoms with E-state index in [2.05, 4.69) is 50.5 Å². The van der Waals surface area contributed by atoms with Gasteiger partial charge in [0.2, 0.25) is 5.95 Å². The summed E-state index contributed by atoms with van der Waals surface area (Å²) in [6, 6.07) is 6.00. The van der Waals surface area contributed by atoms with Crippen LogP contribution in [0.3, 0.4) is 0 Å². The Balaban J connectivity index is 1.56. The highest BCUT2D eigenvalue weighted by Gasteiger charge is 1.96. The summed E-state index contributed by atoms with van der Waals surface area (Å²) in [6.45, 7) is 2.76. The molecule has 0 atom stereocenters. The van der Waals surface area contributed by atoms with Crippen LogP contribution in [0.15, 0.2) is 36.8 Å². The minimum atomic E-state index is 0.694. The van der Waals surface area contributed by atoms with Gasteiger partial charge in [0.25, 0.3) is 0 Å². The first-order valence-corrected chi connectivity index (χ1v) is 6.18.